The van der Waals surface area contributed by atoms with Gasteiger partial charge in [-0.05, 0) is 37.2 Å². The van der Waals surface area contributed by atoms with Gasteiger partial charge in [0.25, 0.3) is 0 Å². The average molecular weight is 162 g/mol. The van der Waals surface area contributed by atoms with Crippen LogP contribution in [0.4, 0.5) is 0 Å². The van der Waals surface area contributed by atoms with Gasteiger partial charge in [0.05, 0.1) is 0 Å². The van der Waals surface area contributed by atoms with Crippen molar-refractivity contribution in [2.75, 3.05) is 0 Å². The Morgan fingerprint density at radius 3 is 2.67 bits per heavy atom. The summed E-state index contributed by atoms with van der Waals surface area (Å²) in [5, 5.41) is 0. The van der Waals surface area contributed by atoms with E-state index in [2.05, 4.69) is 19.1 Å². The van der Waals surface area contributed by atoms with Crippen molar-refractivity contribution in [1.29, 1.82) is 0 Å². The molecule has 1 atom stereocenters. The predicted molar refractivity (Wildman–Crippen MR) is 53.0 cm³/mol. The van der Waals surface area contributed by atoms with Crippen LogP contribution in [0.25, 0.3) is 0 Å². The highest BCUT2D eigenvalue weighted by atomic mass is 14.2. The lowest BCUT2D eigenvalue weighted by atomic mass is 9.91. The van der Waals surface area contributed by atoms with Gasteiger partial charge in [0.15, 0.2) is 0 Å². The van der Waals surface area contributed by atoms with Crippen LogP contribution in [0.1, 0.15) is 45.4 Å². The molecule has 12 heavy (non-hydrogen) atoms. The minimum absolute atomic E-state index is 0.748. The third kappa shape index (κ3) is 1.48. The summed E-state index contributed by atoms with van der Waals surface area (Å²) in [6, 6.07) is 0. The average Bonchev–Trinajstić information content (AvgIpc) is 2.31. The molecule has 0 nitrogen and oxygen atoms in total. The van der Waals surface area contributed by atoms with E-state index in [0.29, 0.717) is 0 Å². The summed E-state index contributed by atoms with van der Waals surface area (Å²) in [4.78, 5) is 0. The van der Waals surface area contributed by atoms with Crippen LogP contribution in [-0.4, -0.2) is 0 Å². The lowest BCUT2D eigenvalue weighted by Crippen LogP contribution is -1.97. The molecule has 0 amide bonds. The summed E-state index contributed by atoms with van der Waals surface area (Å²) < 4.78 is 0. The first-order valence-corrected chi connectivity index (χ1v) is 5.28. The maximum Gasteiger partial charge on any atom is -0.00426 e. The molecule has 2 rings (SSSR count). The zero-order chi connectivity index (χ0) is 8.39. The molecule has 2 aliphatic carbocycles. The number of rotatable bonds is 0. The van der Waals surface area contributed by atoms with Gasteiger partial charge in [0.1, 0.15) is 0 Å². The summed E-state index contributed by atoms with van der Waals surface area (Å²) in [6.45, 7) is 2.33. The van der Waals surface area contributed by atoms with E-state index in [4.69, 9.17) is 0 Å². The molecule has 0 aromatic heterocycles. The van der Waals surface area contributed by atoms with Crippen molar-refractivity contribution in [3.63, 3.8) is 0 Å². The van der Waals surface area contributed by atoms with Crippen LogP contribution < -0.4 is 0 Å². The third-order valence-corrected chi connectivity index (χ3v) is 3.19. The zero-order valence-corrected chi connectivity index (χ0v) is 7.97. The van der Waals surface area contributed by atoms with Crippen LogP contribution in [0.3, 0.4) is 0 Å². The van der Waals surface area contributed by atoms with Crippen molar-refractivity contribution in [3.05, 3.63) is 23.3 Å². The van der Waals surface area contributed by atoms with Crippen LogP contribution in [0.2, 0.25) is 0 Å². The first-order chi connectivity index (χ1) is 5.88. The smallest absolute Gasteiger partial charge is 0.00426 e. The van der Waals surface area contributed by atoms with Crippen LogP contribution >= 0.6 is 0 Å². The molecule has 0 aromatic rings. The maximum absolute atomic E-state index is 2.37. The zero-order valence-electron chi connectivity index (χ0n) is 7.97. The van der Waals surface area contributed by atoms with E-state index in [0.717, 1.165) is 5.92 Å². The molecular formula is C12H18. The Balaban J connectivity index is 2.15. The largest absolute Gasteiger partial charge is 0.0773 e. The maximum atomic E-state index is 2.37. The minimum atomic E-state index is 0.748. The van der Waals surface area contributed by atoms with Crippen molar-refractivity contribution in [2.45, 2.75) is 45.4 Å². The van der Waals surface area contributed by atoms with Crippen LogP contribution in [0.5, 0.6) is 0 Å². The van der Waals surface area contributed by atoms with Gasteiger partial charge >= 0.3 is 0 Å². The highest BCUT2D eigenvalue weighted by Gasteiger charge is 2.16. The first kappa shape index (κ1) is 8.10. The lowest BCUT2D eigenvalue weighted by Gasteiger charge is -2.14. The highest BCUT2D eigenvalue weighted by Crippen LogP contribution is 2.33. The fourth-order valence-corrected chi connectivity index (χ4v) is 2.39. The fourth-order valence-electron chi connectivity index (χ4n) is 2.39. The van der Waals surface area contributed by atoms with Gasteiger partial charge in [-0.2, -0.15) is 0 Å². The van der Waals surface area contributed by atoms with Gasteiger partial charge in [-0.25, -0.2) is 0 Å². The van der Waals surface area contributed by atoms with Gasteiger partial charge < -0.3 is 0 Å². The Labute approximate surface area is 75.4 Å². The van der Waals surface area contributed by atoms with Gasteiger partial charge in [-0.3, -0.25) is 0 Å². The van der Waals surface area contributed by atoms with E-state index < -0.39 is 0 Å². The number of hydrogen-bond donors (Lipinski definition) is 0. The SMILES string of the molecule is CC1C=CC2=C1CCCCCC2. The van der Waals surface area contributed by atoms with Crippen LogP contribution in [-0.2, 0) is 0 Å². The molecule has 0 saturated heterocycles. The van der Waals surface area contributed by atoms with Crippen LogP contribution in [0.15, 0.2) is 23.3 Å². The number of allylic oxidation sites excluding steroid dienone is 4. The number of hydrogen-bond acceptors (Lipinski definition) is 0. The monoisotopic (exact) mass is 162 g/mol. The predicted octanol–water partition coefficient (Wildman–Crippen LogP) is 3.84. The third-order valence-electron chi connectivity index (χ3n) is 3.19. The molecule has 2 aliphatic rings. The summed E-state index contributed by atoms with van der Waals surface area (Å²) in [5.41, 5.74) is 3.41. The molecule has 0 spiro atoms. The summed E-state index contributed by atoms with van der Waals surface area (Å²) >= 11 is 0. The fraction of sp³-hybridized carbons (Fsp3) is 0.667. The van der Waals surface area contributed by atoms with Crippen molar-refractivity contribution in [2.24, 2.45) is 5.92 Å². The van der Waals surface area contributed by atoms with Crippen molar-refractivity contribution in [1.82, 2.24) is 0 Å². The second-order valence-corrected chi connectivity index (χ2v) is 4.11. The Morgan fingerprint density at radius 2 is 1.83 bits per heavy atom. The Bertz CT molecular complexity index is 220. The van der Waals surface area contributed by atoms with E-state index in [1.54, 1.807) is 11.1 Å². The highest BCUT2D eigenvalue weighted by molar-refractivity contribution is 5.36. The standard InChI is InChI=1S/C12H18/c1-10-8-9-11-6-4-2-3-5-7-12(10)11/h8-10H,2-7H2,1H3. The molecule has 0 radical (unpaired) electrons. The van der Waals surface area contributed by atoms with Crippen molar-refractivity contribution in [3.8, 4) is 0 Å². The molecule has 0 aromatic carbocycles. The Morgan fingerprint density at radius 1 is 1.08 bits per heavy atom. The molecule has 0 bridgehead atoms. The van der Waals surface area contributed by atoms with E-state index in [9.17, 15) is 0 Å². The molecule has 0 fully saturated rings. The molecule has 0 saturated carbocycles. The molecule has 66 valence electrons. The van der Waals surface area contributed by atoms with Crippen molar-refractivity contribution < 1.29 is 0 Å². The van der Waals surface area contributed by atoms with Gasteiger partial charge in [0.2, 0.25) is 0 Å². The van der Waals surface area contributed by atoms with Crippen LogP contribution in [0, 0.1) is 5.92 Å². The second kappa shape index (κ2) is 3.47. The summed E-state index contributed by atoms with van der Waals surface area (Å²) in [7, 11) is 0. The first-order valence-electron chi connectivity index (χ1n) is 5.28. The molecule has 1 unspecified atom stereocenters. The lowest BCUT2D eigenvalue weighted by molar-refractivity contribution is 0.599. The quantitative estimate of drug-likeness (QED) is 0.507. The second-order valence-electron chi connectivity index (χ2n) is 4.11. The summed E-state index contributed by atoms with van der Waals surface area (Å²) in [6.07, 6.45) is 13.2. The Hall–Kier alpha value is -0.520. The molecule has 0 heterocycles. The van der Waals surface area contributed by atoms with Gasteiger partial charge in [0, 0.05) is 0 Å². The van der Waals surface area contributed by atoms with E-state index in [1.807, 2.05) is 0 Å². The minimum Gasteiger partial charge on any atom is -0.0773 e. The van der Waals surface area contributed by atoms with Gasteiger partial charge in [-0.1, -0.05) is 37.5 Å². The molecule has 0 heteroatoms. The van der Waals surface area contributed by atoms with E-state index in [-0.39, 0.29) is 0 Å². The normalized spacial score (nSPS) is 29.9. The van der Waals surface area contributed by atoms with E-state index >= 15 is 0 Å². The Kier molecular flexibility index (Phi) is 2.34. The summed E-state index contributed by atoms with van der Waals surface area (Å²) in [5.74, 6) is 0.748. The molecule has 0 aliphatic heterocycles. The molecular weight excluding hydrogens is 144 g/mol. The van der Waals surface area contributed by atoms with Crippen molar-refractivity contribution >= 4 is 0 Å². The van der Waals surface area contributed by atoms with Gasteiger partial charge in [-0.15, -0.1) is 0 Å². The molecule has 0 N–H and O–H groups in total. The topological polar surface area (TPSA) is 0 Å². The van der Waals surface area contributed by atoms with E-state index in [1.165, 1.54) is 38.5 Å².